The third-order valence-corrected chi connectivity index (χ3v) is 8.07. The molecule has 0 aliphatic heterocycles. The van der Waals surface area contributed by atoms with Crippen molar-refractivity contribution in [1.29, 1.82) is 0 Å². The van der Waals surface area contributed by atoms with Crippen molar-refractivity contribution in [3.63, 3.8) is 0 Å². The first kappa shape index (κ1) is 20.9. The van der Waals surface area contributed by atoms with E-state index in [0.29, 0.717) is 0 Å². The molecular formula is C19H20BrN3O3S2. The predicted molar refractivity (Wildman–Crippen MR) is 115 cm³/mol. The normalized spacial score (nSPS) is 13.0. The largest absolute Gasteiger partial charge is 0.335 e. The number of benzene rings is 2. The van der Waals surface area contributed by atoms with Gasteiger partial charge in [-0.1, -0.05) is 28.1 Å². The smallest absolute Gasteiger partial charge is 0.243 e. The molecule has 0 radical (unpaired) electrons. The average Bonchev–Trinajstić information content (AvgIpc) is 3.11. The van der Waals surface area contributed by atoms with Crippen LogP contribution in [0.25, 0.3) is 10.2 Å². The summed E-state index contributed by atoms with van der Waals surface area (Å²) in [6.45, 7) is 1.64. The molecular weight excluding hydrogens is 462 g/mol. The summed E-state index contributed by atoms with van der Waals surface area (Å²) in [6, 6.07) is 13.9. The molecule has 0 aliphatic carbocycles. The van der Waals surface area contributed by atoms with Gasteiger partial charge in [0.2, 0.25) is 15.9 Å². The lowest BCUT2D eigenvalue weighted by molar-refractivity contribution is -0.131. The zero-order valence-electron chi connectivity index (χ0n) is 15.7. The summed E-state index contributed by atoms with van der Waals surface area (Å²) in [5.41, 5.74) is 0.894. The molecule has 1 heterocycles. The van der Waals surface area contributed by atoms with Crippen LogP contribution < -0.4 is 0 Å². The highest BCUT2D eigenvalue weighted by Gasteiger charge is 2.27. The summed E-state index contributed by atoms with van der Waals surface area (Å²) in [6.07, 6.45) is 0. The Labute approximate surface area is 177 Å². The Morgan fingerprint density at radius 2 is 1.79 bits per heavy atom. The topological polar surface area (TPSA) is 70.6 Å². The highest BCUT2D eigenvalue weighted by molar-refractivity contribution is 9.10. The van der Waals surface area contributed by atoms with Gasteiger partial charge in [0, 0.05) is 18.6 Å². The highest BCUT2D eigenvalue weighted by atomic mass is 79.9. The van der Waals surface area contributed by atoms with Gasteiger partial charge in [-0.3, -0.25) is 4.79 Å². The number of nitrogens with zero attached hydrogens (tertiary/aromatic N) is 3. The molecule has 148 valence electrons. The number of hydrogen-bond donors (Lipinski definition) is 0. The SMILES string of the molecule is CC(c1nc2ccccc2s1)N(C)C(=O)CN(C)S(=O)(=O)c1ccc(Br)cc1. The lowest BCUT2D eigenvalue weighted by Gasteiger charge is -2.26. The monoisotopic (exact) mass is 481 g/mol. The molecule has 0 N–H and O–H groups in total. The Bertz CT molecular complexity index is 1060. The standard InChI is InChI=1S/C19H20BrN3O3S2/c1-13(19-21-16-6-4-5-7-17(16)27-19)23(3)18(24)12-22(2)28(25,26)15-10-8-14(20)9-11-15/h4-11,13H,12H2,1-3H3. The number of sulfonamides is 1. The van der Waals surface area contributed by atoms with Gasteiger partial charge in [-0.25, -0.2) is 13.4 Å². The minimum Gasteiger partial charge on any atom is -0.335 e. The van der Waals surface area contributed by atoms with Crippen LogP contribution in [0.2, 0.25) is 0 Å². The van der Waals surface area contributed by atoms with E-state index in [2.05, 4.69) is 20.9 Å². The Morgan fingerprint density at radius 3 is 2.43 bits per heavy atom. The minimum atomic E-state index is -3.74. The van der Waals surface area contributed by atoms with Gasteiger partial charge >= 0.3 is 0 Å². The van der Waals surface area contributed by atoms with Crippen molar-refractivity contribution in [1.82, 2.24) is 14.2 Å². The predicted octanol–water partition coefficient (Wildman–Crippen LogP) is 3.90. The van der Waals surface area contributed by atoms with Crippen LogP contribution in [0.1, 0.15) is 18.0 Å². The second kappa shape index (κ2) is 8.28. The first-order chi connectivity index (χ1) is 13.2. The number of halogens is 1. The molecule has 1 atom stereocenters. The first-order valence-corrected chi connectivity index (χ1v) is 11.6. The summed E-state index contributed by atoms with van der Waals surface area (Å²) >= 11 is 4.82. The fourth-order valence-electron chi connectivity index (χ4n) is 2.62. The molecule has 1 unspecified atom stereocenters. The van der Waals surface area contributed by atoms with E-state index >= 15 is 0 Å². The molecule has 1 amide bonds. The first-order valence-electron chi connectivity index (χ1n) is 8.53. The zero-order chi connectivity index (χ0) is 20.5. The molecule has 3 rings (SSSR count). The zero-order valence-corrected chi connectivity index (χ0v) is 18.9. The fourth-order valence-corrected chi connectivity index (χ4v) is 5.07. The molecule has 28 heavy (non-hydrogen) atoms. The van der Waals surface area contributed by atoms with Crippen molar-refractivity contribution in [2.75, 3.05) is 20.6 Å². The van der Waals surface area contributed by atoms with Gasteiger partial charge in [0.05, 0.1) is 27.7 Å². The lowest BCUT2D eigenvalue weighted by Crippen LogP contribution is -2.40. The van der Waals surface area contributed by atoms with E-state index in [1.807, 2.05) is 31.2 Å². The Kier molecular flexibility index (Phi) is 6.18. The van der Waals surface area contributed by atoms with E-state index in [9.17, 15) is 13.2 Å². The van der Waals surface area contributed by atoms with Gasteiger partial charge in [-0.15, -0.1) is 11.3 Å². The van der Waals surface area contributed by atoms with Crippen molar-refractivity contribution in [3.05, 3.63) is 58.0 Å². The van der Waals surface area contributed by atoms with Crippen LogP contribution in [0.5, 0.6) is 0 Å². The molecule has 0 saturated carbocycles. The van der Waals surface area contributed by atoms with Crippen LogP contribution in [0.4, 0.5) is 0 Å². The van der Waals surface area contributed by atoms with Crippen molar-refractivity contribution in [2.45, 2.75) is 17.9 Å². The number of rotatable bonds is 6. The Balaban J connectivity index is 1.72. The van der Waals surface area contributed by atoms with Crippen LogP contribution >= 0.6 is 27.3 Å². The number of amides is 1. The van der Waals surface area contributed by atoms with Crippen LogP contribution in [0.15, 0.2) is 57.9 Å². The number of aromatic nitrogens is 1. The van der Waals surface area contributed by atoms with Crippen molar-refractivity contribution in [2.24, 2.45) is 0 Å². The molecule has 0 fully saturated rings. The maximum absolute atomic E-state index is 12.7. The molecule has 6 nitrogen and oxygen atoms in total. The van der Waals surface area contributed by atoms with Crippen molar-refractivity contribution >= 4 is 53.4 Å². The third-order valence-electron chi connectivity index (χ3n) is 4.52. The molecule has 3 aromatic rings. The number of carbonyl (C=O) groups excluding carboxylic acids is 1. The minimum absolute atomic E-state index is 0.146. The quantitative estimate of drug-likeness (QED) is 0.535. The summed E-state index contributed by atoms with van der Waals surface area (Å²) in [4.78, 5) is 19.0. The second-order valence-corrected chi connectivity index (χ2v) is 10.4. The van der Waals surface area contributed by atoms with Crippen molar-refractivity contribution < 1.29 is 13.2 Å². The summed E-state index contributed by atoms with van der Waals surface area (Å²) in [7, 11) is -0.669. The number of thiazole rings is 1. The molecule has 0 aliphatic rings. The molecule has 0 spiro atoms. The molecule has 2 aromatic carbocycles. The lowest BCUT2D eigenvalue weighted by atomic mass is 10.3. The number of para-hydroxylation sites is 1. The number of carbonyl (C=O) groups is 1. The van der Waals surface area contributed by atoms with Crippen molar-refractivity contribution in [3.8, 4) is 0 Å². The van der Waals surface area contributed by atoms with Crippen LogP contribution in [-0.4, -0.2) is 49.2 Å². The van der Waals surface area contributed by atoms with E-state index < -0.39 is 10.0 Å². The maximum Gasteiger partial charge on any atom is 0.243 e. The molecule has 0 saturated heterocycles. The van der Waals surface area contributed by atoms with Crippen LogP contribution in [0, 0.1) is 0 Å². The highest BCUT2D eigenvalue weighted by Crippen LogP contribution is 2.29. The molecule has 1 aromatic heterocycles. The number of hydrogen-bond acceptors (Lipinski definition) is 5. The van der Waals surface area contributed by atoms with Gasteiger partial charge in [0.15, 0.2) is 0 Å². The van der Waals surface area contributed by atoms with Gasteiger partial charge in [0.25, 0.3) is 0 Å². The fraction of sp³-hybridized carbons (Fsp3) is 0.263. The summed E-state index contributed by atoms with van der Waals surface area (Å²) in [5, 5.41) is 0.815. The molecule has 9 heteroatoms. The van der Waals surface area contributed by atoms with Gasteiger partial charge in [-0.2, -0.15) is 4.31 Å². The second-order valence-electron chi connectivity index (χ2n) is 6.42. The van der Waals surface area contributed by atoms with Gasteiger partial charge in [-0.05, 0) is 43.3 Å². The van der Waals surface area contributed by atoms with E-state index in [-0.39, 0.29) is 23.4 Å². The third kappa shape index (κ3) is 4.27. The van der Waals surface area contributed by atoms with E-state index in [0.717, 1.165) is 24.0 Å². The van der Waals surface area contributed by atoms with E-state index in [1.54, 1.807) is 19.2 Å². The summed E-state index contributed by atoms with van der Waals surface area (Å²) in [5.74, 6) is -0.296. The maximum atomic E-state index is 12.7. The summed E-state index contributed by atoms with van der Waals surface area (Å²) < 4.78 is 28.3. The average molecular weight is 482 g/mol. The van der Waals surface area contributed by atoms with E-state index in [1.165, 1.54) is 35.4 Å². The molecule has 0 bridgehead atoms. The van der Waals surface area contributed by atoms with E-state index in [4.69, 9.17) is 0 Å². The van der Waals surface area contributed by atoms with Crippen LogP contribution in [0.3, 0.4) is 0 Å². The van der Waals surface area contributed by atoms with Gasteiger partial charge in [0.1, 0.15) is 5.01 Å². The number of likely N-dealkylation sites (N-methyl/N-ethyl adjacent to an activating group) is 2. The number of fused-ring (bicyclic) bond motifs is 1. The van der Waals surface area contributed by atoms with Gasteiger partial charge < -0.3 is 4.90 Å². The Hall–Kier alpha value is -1.81. The van der Waals surface area contributed by atoms with Crippen LogP contribution in [-0.2, 0) is 14.8 Å². The Morgan fingerprint density at radius 1 is 1.14 bits per heavy atom.